The van der Waals surface area contributed by atoms with E-state index in [0.717, 1.165) is 18.0 Å². The van der Waals surface area contributed by atoms with E-state index in [1.54, 1.807) is 14.2 Å². The number of benzene rings is 1. The monoisotopic (exact) mass is 294 g/mol. The Balaban J connectivity index is 2.74. The highest BCUT2D eigenvalue weighted by Crippen LogP contribution is 2.24. The smallest absolute Gasteiger partial charge is 0.377 e. The van der Waals surface area contributed by atoms with Gasteiger partial charge in [-0.25, -0.2) is 0 Å². The molecule has 1 rings (SSSR count). The number of hydrogen-bond acceptors (Lipinski definition) is 3. The molecular formula is C16H26O3Si. The summed E-state index contributed by atoms with van der Waals surface area (Å²) in [5, 5.41) is 0. The lowest BCUT2D eigenvalue weighted by molar-refractivity contribution is 0.0931. The van der Waals surface area contributed by atoms with Crippen LogP contribution in [0.2, 0.25) is 6.04 Å². The third kappa shape index (κ3) is 4.28. The second-order valence-corrected chi connectivity index (χ2v) is 7.86. The van der Waals surface area contributed by atoms with Gasteiger partial charge >= 0.3 is 8.80 Å². The SMILES string of the molecule is C=Cc1ccccc1C(C)CO[Si](CCC)(OC)OC. The summed E-state index contributed by atoms with van der Waals surface area (Å²) < 4.78 is 17.1. The van der Waals surface area contributed by atoms with E-state index < -0.39 is 8.80 Å². The minimum absolute atomic E-state index is 0.276. The van der Waals surface area contributed by atoms with Crippen LogP contribution in [0.4, 0.5) is 0 Å². The Labute approximate surface area is 123 Å². The summed E-state index contributed by atoms with van der Waals surface area (Å²) >= 11 is 0. The van der Waals surface area contributed by atoms with Crippen molar-refractivity contribution >= 4 is 14.9 Å². The highest BCUT2D eigenvalue weighted by Gasteiger charge is 2.38. The topological polar surface area (TPSA) is 27.7 Å². The van der Waals surface area contributed by atoms with Crippen LogP contribution in [-0.2, 0) is 13.3 Å². The third-order valence-electron chi connectivity index (χ3n) is 3.48. The molecule has 0 aliphatic rings. The Hall–Kier alpha value is -0.943. The van der Waals surface area contributed by atoms with Crippen LogP contribution >= 0.6 is 0 Å². The average Bonchev–Trinajstić information content (AvgIpc) is 2.51. The molecule has 20 heavy (non-hydrogen) atoms. The highest BCUT2D eigenvalue weighted by atomic mass is 28.4. The fourth-order valence-electron chi connectivity index (χ4n) is 2.27. The van der Waals surface area contributed by atoms with E-state index >= 15 is 0 Å². The summed E-state index contributed by atoms with van der Waals surface area (Å²) in [6.07, 6.45) is 2.88. The van der Waals surface area contributed by atoms with E-state index in [9.17, 15) is 0 Å². The molecule has 0 spiro atoms. The van der Waals surface area contributed by atoms with Gasteiger partial charge in [-0.2, -0.15) is 0 Å². The minimum atomic E-state index is -2.49. The van der Waals surface area contributed by atoms with Gasteiger partial charge in [-0.05, 0) is 11.1 Å². The number of hydrogen-bond donors (Lipinski definition) is 0. The van der Waals surface area contributed by atoms with Crippen LogP contribution < -0.4 is 0 Å². The van der Waals surface area contributed by atoms with Crippen molar-refractivity contribution in [2.75, 3.05) is 20.8 Å². The molecule has 0 saturated carbocycles. The maximum atomic E-state index is 6.04. The maximum absolute atomic E-state index is 6.04. The molecule has 1 atom stereocenters. The van der Waals surface area contributed by atoms with Crippen molar-refractivity contribution in [2.24, 2.45) is 0 Å². The Morgan fingerprint density at radius 1 is 1.25 bits per heavy atom. The lowest BCUT2D eigenvalue weighted by Gasteiger charge is -2.28. The lowest BCUT2D eigenvalue weighted by atomic mass is 9.96. The lowest BCUT2D eigenvalue weighted by Crippen LogP contribution is -2.44. The van der Waals surface area contributed by atoms with Crippen LogP contribution in [0.1, 0.15) is 37.3 Å². The Kier molecular flexibility index (Phi) is 7.16. The molecular weight excluding hydrogens is 268 g/mol. The molecule has 0 amide bonds. The van der Waals surface area contributed by atoms with Gasteiger partial charge in [0.1, 0.15) is 0 Å². The fourth-order valence-corrected chi connectivity index (χ4v) is 4.34. The standard InChI is InChI=1S/C16H26O3Si/c1-6-12-20(17-4,18-5)19-13-14(3)16-11-9-8-10-15(16)7-2/h7-11,14H,2,6,12-13H2,1,3-5H3. The van der Waals surface area contributed by atoms with E-state index in [4.69, 9.17) is 13.3 Å². The van der Waals surface area contributed by atoms with E-state index in [1.165, 1.54) is 5.56 Å². The molecule has 112 valence electrons. The Bertz CT molecular complexity index is 416. The minimum Gasteiger partial charge on any atom is -0.377 e. The van der Waals surface area contributed by atoms with Crippen molar-refractivity contribution in [3.63, 3.8) is 0 Å². The highest BCUT2D eigenvalue weighted by molar-refractivity contribution is 6.60. The quantitative estimate of drug-likeness (QED) is 0.642. The molecule has 0 N–H and O–H groups in total. The van der Waals surface area contributed by atoms with Gasteiger partial charge in [-0.3, -0.25) is 0 Å². The molecule has 0 saturated heterocycles. The molecule has 3 nitrogen and oxygen atoms in total. The van der Waals surface area contributed by atoms with Gasteiger partial charge in [-0.1, -0.05) is 57.2 Å². The maximum Gasteiger partial charge on any atom is 0.500 e. The van der Waals surface area contributed by atoms with E-state index in [-0.39, 0.29) is 5.92 Å². The van der Waals surface area contributed by atoms with Crippen LogP contribution in [-0.4, -0.2) is 29.6 Å². The second-order valence-electron chi connectivity index (χ2n) is 4.89. The van der Waals surface area contributed by atoms with Gasteiger partial charge in [0.25, 0.3) is 0 Å². The summed E-state index contributed by atoms with van der Waals surface area (Å²) in [5.74, 6) is 0.276. The Morgan fingerprint density at radius 3 is 2.45 bits per heavy atom. The summed E-state index contributed by atoms with van der Waals surface area (Å²) in [4.78, 5) is 0. The normalized spacial score (nSPS) is 13.2. The van der Waals surface area contributed by atoms with E-state index in [1.807, 2.05) is 18.2 Å². The first-order valence-corrected chi connectivity index (χ1v) is 9.01. The number of rotatable bonds is 9. The van der Waals surface area contributed by atoms with Crippen LogP contribution in [0.3, 0.4) is 0 Å². The van der Waals surface area contributed by atoms with Crippen LogP contribution in [0.25, 0.3) is 6.08 Å². The van der Waals surface area contributed by atoms with Gasteiger partial charge in [0.2, 0.25) is 0 Å². The molecule has 0 aliphatic carbocycles. The fraction of sp³-hybridized carbons (Fsp3) is 0.500. The summed E-state index contributed by atoms with van der Waals surface area (Å²) in [6.45, 7) is 8.72. The summed E-state index contributed by atoms with van der Waals surface area (Å²) in [7, 11) is 0.856. The molecule has 1 aromatic rings. The molecule has 0 aromatic heterocycles. The zero-order valence-electron chi connectivity index (χ0n) is 13.0. The molecule has 0 fully saturated rings. The van der Waals surface area contributed by atoms with Crippen LogP contribution in [0.15, 0.2) is 30.8 Å². The van der Waals surface area contributed by atoms with Crippen molar-refractivity contribution in [3.8, 4) is 0 Å². The van der Waals surface area contributed by atoms with E-state index in [2.05, 4.69) is 32.6 Å². The molecule has 0 radical (unpaired) electrons. The zero-order valence-corrected chi connectivity index (χ0v) is 14.0. The molecule has 1 unspecified atom stereocenters. The van der Waals surface area contributed by atoms with Crippen LogP contribution in [0, 0.1) is 0 Å². The molecule has 1 aromatic carbocycles. The van der Waals surface area contributed by atoms with Crippen molar-refractivity contribution in [1.82, 2.24) is 0 Å². The molecule has 0 aliphatic heterocycles. The third-order valence-corrected chi connectivity index (χ3v) is 6.44. The van der Waals surface area contributed by atoms with Crippen molar-refractivity contribution in [2.45, 2.75) is 32.2 Å². The van der Waals surface area contributed by atoms with Crippen molar-refractivity contribution in [1.29, 1.82) is 0 Å². The van der Waals surface area contributed by atoms with Crippen molar-refractivity contribution < 1.29 is 13.3 Å². The first-order valence-electron chi connectivity index (χ1n) is 7.08. The first kappa shape index (κ1) is 17.1. The van der Waals surface area contributed by atoms with Gasteiger partial charge in [-0.15, -0.1) is 0 Å². The predicted octanol–water partition coefficient (Wildman–Crippen LogP) is 4.09. The summed E-state index contributed by atoms with van der Waals surface area (Å²) in [6, 6.07) is 9.10. The van der Waals surface area contributed by atoms with Crippen LogP contribution in [0.5, 0.6) is 0 Å². The van der Waals surface area contributed by atoms with Gasteiger partial charge < -0.3 is 13.3 Å². The summed E-state index contributed by atoms with van der Waals surface area (Å²) in [5.41, 5.74) is 2.40. The second kappa shape index (κ2) is 8.37. The van der Waals surface area contributed by atoms with Gasteiger partial charge in [0, 0.05) is 32.8 Å². The first-order chi connectivity index (χ1) is 9.62. The zero-order chi connectivity index (χ0) is 15.0. The van der Waals surface area contributed by atoms with Crippen molar-refractivity contribution in [3.05, 3.63) is 42.0 Å². The molecule has 0 bridgehead atoms. The Morgan fingerprint density at radius 2 is 1.90 bits per heavy atom. The predicted molar refractivity (Wildman–Crippen MR) is 85.8 cm³/mol. The van der Waals surface area contributed by atoms with Gasteiger partial charge in [0.05, 0.1) is 0 Å². The molecule has 4 heteroatoms. The average molecular weight is 294 g/mol. The van der Waals surface area contributed by atoms with Gasteiger partial charge in [0.15, 0.2) is 0 Å². The largest absolute Gasteiger partial charge is 0.500 e. The van der Waals surface area contributed by atoms with E-state index in [0.29, 0.717) is 6.61 Å². The molecule has 0 heterocycles.